The van der Waals surface area contributed by atoms with Gasteiger partial charge in [-0.2, -0.15) is 0 Å². The second kappa shape index (κ2) is 10.6. The molecule has 0 radical (unpaired) electrons. The van der Waals surface area contributed by atoms with E-state index in [0.29, 0.717) is 25.5 Å². The van der Waals surface area contributed by atoms with Crippen molar-refractivity contribution in [3.05, 3.63) is 40.4 Å². The molecule has 0 spiro atoms. The van der Waals surface area contributed by atoms with Crippen molar-refractivity contribution >= 4 is 57.5 Å². The predicted molar refractivity (Wildman–Crippen MR) is 107 cm³/mol. The molecular weight excluding hydrogens is 459 g/mol. The van der Waals surface area contributed by atoms with Crippen LogP contribution in [-0.2, 0) is 4.79 Å². The Bertz CT molecular complexity index is 560. The topological polar surface area (TPSA) is 79.5 Å². The summed E-state index contributed by atoms with van der Waals surface area (Å²) in [5.74, 6) is 0.256. The summed E-state index contributed by atoms with van der Waals surface area (Å²) < 4.78 is 0.987. The molecule has 0 saturated carbocycles. The number of aryl methyl sites for hydroxylation is 1. The third kappa shape index (κ3) is 8.38. The Kier molecular flexibility index (Phi) is 10.1. The van der Waals surface area contributed by atoms with Crippen LogP contribution in [-0.4, -0.2) is 25.0 Å². The molecule has 122 valence electrons. The average molecular weight is 481 g/mol. The predicted octanol–water partition coefficient (Wildman–Crippen LogP) is 3.18. The zero-order valence-corrected chi connectivity index (χ0v) is 16.7. The van der Waals surface area contributed by atoms with E-state index in [1.807, 2.05) is 32.0 Å². The molecule has 22 heavy (non-hydrogen) atoms. The highest BCUT2D eigenvalue weighted by Crippen LogP contribution is 2.19. The summed E-state index contributed by atoms with van der Waals surface area (Å²) in [6.45, 7) is 8.49. The molecule has 1 aromatic rings. The van der Waals surface area contributed by atoms with E-state index in [1.165, 1.54) is 0 Å². The number of benzene rings is 1. The highest BCUT2D eigenvalue weighted by Gasteiger charge is 2.05. The average Bonchev–Trinajstić information content (AvgIpc) is 2.39. The number of guanidine groups is 1. The van der Waals surface area contributed by atoms with Gasteiger partial charge in [0, 0.05) is 23.1 Å². The first-order valence-corrected chi connectivity index (χ1v) is 7.42. The number of halogens is 2. The van der Waals surface area contributed by atoms with Gasteiger partial charge in [-0.25, -0.2) is 4.99 Å². The van der Waals surface area contributed by atoms with Crippen LogP contribution >= 0.6 is 39.9 Å². The lowest BCUT2D eigenvalue weighted by Gasteiger charge is -2.09. The Morgan fingerprint density at radius 3 is 2.73 bits per heavy atom. The maximum absolute atomic E-state index is 11.8. The monoisotopic (exact) mass is 480 g/mol. The number of hydrogen-bond donors (Lipinski definition) is 3. The SMILES string of the molecule is C=C(C)CN=C(N)NCCC(=O)Nc1ccc(Br)cc1C.I. The van der Waals surface area contributed by atoms with Gasteiger partial charge < -0.3 is 16.4 Å². The molecule has 0 aliphatic rings. The number of aliphatic imine (C=N–C) groups is 1. The summed E-state index contributed by atoms with van der Waals surface area (Å²) in [5.41, 5.74) is 8.42. The van der Waals surface area contributed by atoms with Crippen LogP contribution in [0.25, 0.3) is 0 Å². The number of nitrogens with two attached hydrogens (primary N) is 1. The van der Waals surface area contributed by atoms with Crippen LogP contribution in [0.3, 0.4) is 0 Å². The molecule has 0 aromatic heterocycles. The van der Waals surface area contributed by atoms with Crippen LogP contribution in [0.4, 0.5) is 5.69 Å². The zero-order chi connectivity index (χ0) is 15.8. The van der Waals surface area contributed by atoms with E-state index in [0.717, 1.165) is 21.3 Å². The van der Waals surface area contributed by atoms with Gasteiger partial charge in [0.15, 0.2) is 5.96 Å². The molecule has 4 N–H and O–H groups in total. The molecule has 0 unspecified atom stereocenters. The fourth-order valence-corrected chi connectivity index (χ4v) is 2.04. The van der Waals surface area contributed by atoms with E-state index in [4.69, 9.17) is 5.73 Å². The van der Waals surface area contributed by atoms with E-state index in [9.17, 15) is 4.79 Å². The first-order valence-electron chi connectivity index (χ1n) is 6.62. The maximum atomic E-state index is 11.8. The standard InChI is InChI=1S/C15H21BrN4O.HI/c1-10(2)9-19-15(17)18-7-6-14(21)20-13-5-4-12(16)8-11(13)3;/h4-5,8H,1,6-7,9H2,2-3H3,(H,20,21)(H3,17,18,19);1H. The lowest BCUT2D eigenvalue weighted by Crippen LogP contribution is -2.34. The molecule has 1 aromatic carbocycles. The molecular formula is C15H22BrIN4O. The third-order valence-corrected chi connectivity index (χ3v) is 3.13. The first kappa shape index (κ1) is 20.9. The number of carbonyl (C=O) groups is 1. The lowest BCUT2D eigenvalue weighted by molar-refractivity contribution is -0.116. The van der Waals surface area contributed by atoms with Crippen molar-refractivity contribution in [1.82, 2.24) is 5.32 Å². The van der Waals surface area contributed by atoms with Gasteiger partial charge in [-0.05, 0) is 37.6 Å². The fourth-order valence-electron chi connectivity index (χ4n) is 1.56. The fraction of sp³-hybridized carbons (Fsp3) is 0.333. The van der Waals surface area contributed by atoms with Crippen molar-refractivity contribution in [1.29, 1.82) is 0 Å². The van der Waals surface area contributed by atoms with Gasteiger partial charge in [0.1, 0.15) is 0 Å². The molecule has 0 aliphatic heterocycles. The van der Waals surface area contributed by atoms with E-state index in [-0.39, 0.29) is 29.9 Å². The summed E-state index contributed by atoms with van der Waals surface area (Å²) in [6.07, 6.45) is 0.318. The second-order valence-electron chi connectivity index (χ2n) is 4.84. The summed E-state index contributed by atoms with van der Waals surface area (Å²) in [6, 6.07) is 5.71. The number of hydrogen-bond acceptors (Lipinski definition) is 2. The minimum Gasteiger partial charge on any atom is -0.370 e. The molecule has 0 saturated heterocycles. The molecule has 0 bridgehead atoms. The van der Waals surface area contributed by atoms with Crippen LogP contribution in [0.1, 0.15) is 18.9 Å². The van der Waals surface area contributed by atoms with Gasteiger partial charge in [-0.1, -0.05) is 28.1 Å². The van der Waals surface area contributed by atoms with Crippen LogP contribution in [0.5, 0.6) is 0 Å². The number of carbonyl (C=O) groups excluding carboxylic acids is 1. The molecule has 0 fully saturated rings. The van der Waals surface area contributed by atoms with Crippen molar-refractivity contribution < 1.29 is 4.79 Å². The van der Waals surface area contributed by atoms with Gasteiger partial charge in [0.2, 0.25) is 5.91 Å². The van der Waals surface area contributed by atoms with Crippen molar-refractivity contribution in [2.24, 2.45) is 10.7 Å². The van der Waals surface area contributed by atoms with Gasteiger partial charge in [0.05, 0.1) is 6.54 Å². The summed E-state index contributed by atoms with van der Waals surface area (Å²) in [7, 11) is 0. The maximum Gasteiger partial charge on any atom is 0.226 e. The third-order valence-electron chi connectivity index (χ3n) is 2.64. The summed E-state index contributed by atoms with van der Waals surface area (Å²) >= 11 is 3.39. The van der Waals surface area contributed by atoms with E-state index >= 15 is 0 Å². The minimum absolute atomic E-state index is 0. The lowest BCUT2D eigenvalue weighted by atomic mass is 10.2. The van der Waals surface area contributed by atoms with Crippen molar-refractivity contribution in [2.45, 2.75) is 20.3 Å². The molecule has 1 rings (SSSR count). The Morgan fingerprint density at radius 1 is 1.45 bits per heavy atom. The Labute approximate surface area is 157 Å². The highest BCUT2D eigenvalue weighted by atomic mass is 127. The van der Waals surface area contributed by atoms with Gasteiger partial charge in [-0.15, -0.1) is 24.0 Å². The number of nitrogens with zero attached hydrogens (tertiary/aromatic N) is 1. The Morgan fingerprint density at radius 2 is 2.14 bits per heavy atom. The molecule has 0 heterocycles. The molecule has 1 amide bonds. The smallest absolute Gasteiger partial charge is 0.226 e. The summed E-state index contributed by atoms with van der Waals surface area (Å²) in [5, 5.41) is 5.76. The molecule has 0 aliphatic carbocycles. The Balaban J connectivity index is 0.00000441. The van der Waals surface area contributed by atoms with Crippen LogP contribution in [0.2, 0.25) is 0 Å². The molecule has 0 atom stereocenters. The van der Waals surface area contributed by atoms with E-state index < -0.39 is 0 Å². The normalized spacial score (nSPS) is 10.6. The number of rotatable bonds is 6. The number of nitrogens with one attached hydrogen (secondary N) is 2. The van der Waals surface area contributed by atoms with Crippen molar-refractivity contribution in [2.75, 3.05) is 18.4 Å². The van der Waals surface area contributed by atoms with E-state index in [2.05, 4.69) is 38.1 Å². The molecule has 7 heteroatoms. The summed E-state index contributed by atoms with van der Waals surface area (Å²) in [4.78, 5) is 15.9. The van der Waals surface area contributed by atoms with Gasteiger partial charge in [-0.3, -0.25) is 4.79 Å². The van der Waals surface area contributed by atoms with Crippen molar-refractivity contribution in [3.8, 4) is 0 Å². The quantitative estimate of drug-likeness (QED) is 0.253. The number of amides is 1. The zero-order valence-electron chi connectivity index (χ0n) is 12.8. The van der Waals surface area contributed by atoms with Crippen LogP contribution in [0, 0.1) is 6.92 Å². The highest BCUT2D eigenvalue weighted by molar-refractivity contribution is 14.0. The van der Waals surface area contributed by atoms with Crippen LogP contribution < -0.4 is 16.4 Å². The largest absolute Gasteiger partial charge is 0.370 e. The van der Waals surface area contributed by atoms with Gasteiger partial charge in [0.25, 0.3) is 0 Å². The van der Waals surface area contributed by atoms with Crippen molar-refractivity contribution in [3.63, 3.8) is 0 Å². The molecule has 5 nitrogen and oxygen atoms in total. The van der Waals surface area contributed by atoms with Gasteiger partial charge >= 0.3 is 0 Å². The van der Waals surface area contributed by atoms with E-state index in [1.54, 1.807) is 0 Å². The van der Waals surface area contributed by atoms with Crippen LogP contribution in [0.15, 0.2) is 39.8 Å². The number of anilines is 1. The first-order chi connectivity index (χ1) is 9.88. The Hall–Kier alpha value is -1.09. The second-order valence-corrected chi connectivity index (χ2v) is 5.76. The minimum atomic E-state index is -0.0689.